The van der Waals surface area contributed by atoms with Crippen LogP contribution in [-0.2, 0) is 4.84 Å². The highest BCUT2D eigenvalue weighted by molar-refractivity contribution is 5.79. The van der Waals surface area contributed by atoms with Gasteiger partial charge in [-0.3, -0.25) is 10.1 Å². The van der Waals surface area contributed by atoms with E-state index in [1.165, 1.54) is 12.1 Å². The number of ether oxygens (including phenoxy) is 1. The molecule has 0 N–H and O–H groups in total. The summed E-state index contributed by atoms with van der Waals surface area (Å²) >= 11 is 0. The van der Waals surface area contributed by atoms with Gasteiger partial charge in [0.15, 0.2) is 0 Å². The van der Waals surface area contributed by atoms with Crippen LogP contribution in [-0.4, -0.2) is 17.7 Å². The number of nitrogens with zero attached hydrogens (tertiary/aromatic N) is 2. The Hall–Kier alpha value is -2.89. The molecular formula is C17H18N2O4. The molecule has 0 spiro atoms. The number of rotatable bonds is 7. The minimum atomic E-state index is -0.431. The van der Waals surface area contributed by atoms with Gasteiger partial charge < -0.3 is 9.57 Å². The highest BCUT2D eigenvalue weighted by atomic mass is 16.6. The van der Waals surface area contributed by atoms with Gasteiger partial charge in [-0.05, 0) is 43.7 Å². The number of non-ortho nitro benzene ring substituents is 1. The zero-order valence-corrected chi connectivity index (χ0v) is 13.0. The molecule has 120 valence electrons. The average Bonchev–Trinajstić information content (AvgIpc) is 2.56. The monoisotopic (exact) mass is 314 g/mol. The first-order valence-corrected chi connectivity index (χ1v) is 7.26. The minimum Gasteiger partial charge on any atom is -0.494 e. The third-order valence-electron chi connectivity index (χ3n) is 3.16. The molecule has 0 saturated heterocycles. The Labute approximate surface area is 134 Å². The summed E-state index contributed by atoms with van der Waals surface area (Å²) in [4.78, 5) is 15.7. The van der Waals surface area contributed by atoms with Crippen molar-refractivity contribution in [1.29, 1.82) is 0 Å². The van der Waals surface area contributed by atoms with Gasteiger partial charge in [-0.25, -0.2) is 0 Å². The Morgan fingerprint density at radius 2 is 2.00 bits per heavy atom. The molecule has 0 amide bonds. The summed E-state index contributed by atoms with van der Waals surface area (Å²) in [6, 6.07) is 13.8. The third-order valence-corrected chi connectivity index (χ3v) is 3.16. The molecule has 0 fully saturated rings. The topological polar surface area (TPSA) is 74.0 Å². The second kappa shape index (κ2) is 7.93. The molecule has 0 aliphatic carbocycles. The van der Waals surface area contributed by atoms with Crippen LogP contribution in [0.4, 0.5) is 5.69 Å². The second-order valence-corrected chi connectivity index (χ2v) is 4.84. The van der Waals surface area contributed by atoms with E-state index in [9.17, 15) is 10.1 Å². The molecule has 0 aliphatic heterocycles. The first-order valence-electron chi connectivity index (χ1n) is 7.26. The van der Waals surface area contributed by atoms with Crippen molar-refractivity contribution >= 4 is 11.9 Å². The zero-order valence-electron chi connectivity index (χ0n) is 13.0. The predicted molar refractivity (Wildman–Crippen MR) is 87.8 cm³/mol. The van der Waals surface area contributed by atoms with Crippen molar-refractivity contribution in [2.75, 3.05) is 6.61 Å². The minimum absolute atomic E-state index is 0.0356. The van der Waals surface area contributed by atoms with Crippen molar-refractivity contribution < 1.29 is 14.5 Å². The molecule has 6 heteroatoms. The molecule has 2 rings (SSSR count). The summed E-state index contributed by atoms with van der Waals surface area (Å²) in [6.45, 7) is 4.34. The molecule has 0 saturated carbocycles. The van der Waals surface area contributed by atoms with Crippen LogP contribution >= 0.6 is 0 Å². The summed E-state index contributed by atoms with van der Waals surface area (Å²) in [6.07, 6.45) is 1.21. The summed E-state index contributed by atoms with van der Waals surface area (Å²) in [5.41, 5.74) is 1.61. The lowest BCUT2D eigenvalue weighted by Gasteiger charge is -2.09. The normalized spacial score (nSPS) is 12.1. The molecule has 23 heavy (non-hydrogen) atoms. The summed E-state index contributed by atoms with van der Waals surface area (Å²) in [5.74, 6) is 0.801. The van der Waals surface area contributed by atoms with Crippen molar-refractivity contribution in [3.63, 3.8) is 0 Å². The van der Waals surface area contributed by atoms with E-state index < -0.39 is 4.92 Å². The van der Waals surface area contributed by atoms with E-state index in [0.717, 1.165) is 11.3 Å². The van der Waals surface area contributed by atoms with Crippen molar-refractivity contribution in [2.24, 2.45) is 5.16 Å². The number of hydrogen-bond donors (Lipinski definition) is 0. The molecule has 2 aromatic carbocycles. The van der Waals surface area contributed by atoms with Crippen LogP contribution in [0.3, 0.4) is 0 Å². The van der Waals surface area contributed by atoms with Crippen LogP contribution in [0.15, 0.2) is 53.7 Å². The van der Waals surface area contributed by atoms with Gasteiger partial charge in [0.25, 0.3) is 5.69 Å². The van der Waals surface area contributed by atoms with E-state index >= 15 is 0 Å². The van der Waals surface area contributed by atoms with Crippen molar-refractivity contribution in [1.82, 2.24) is 0 Å². The molecule has 0 bridgehead atoms. The molecule has 0 radical (unpaired) electrons. The fraction of sp³-hybridized carbons (Fsp3) is 0.235. The smallest absolute Gasteiger partial charge is 0.269 e. The van der Waals surface area contributed by atoms with Gasteiger partial charge in [-0.1, -0.05) is 17.3 Å². The first kappa shape index (κ1) is 16.5. The van der Waals surface area contributed by atoms with E-state index in [1.807, 2.05) is 31.2 Å². The van der Waals surface area contributed by atoms with Gasteiger partial charge in [0.1, 0.15) is 11.9 Å². The molecule has 0 aliphatic rings. The lowest BCUT2D eigenvalue weighted by atomic mass is 10.1. The van der Waals surface area contributed by atoms with Crippen molar-refractivity contribution in [2.45, 2.75) is 20.0 Å². The maximum absolute atomic E-state index is 10.8. The van der Waals surface area contributed by atoms with Crippen molar-refractivity contribution in [3.8, 4) is 5.75 Å². The Kier molecular flexibility index (Phi) is 5.68. The van der Waals surface area contributed by atoms with E-state index in [0.29, 0.717) is 12.2 Å². The first-order chi connectivity index (χ1) is 11.1. The quantitative estimate of drug-likeness (QED) is 0.438. The van der Waals surface area contributed by atoms with Gasteiger partial charge in [-0.2, -0.15) is 0 Å². The van der Waals surface area contributed by atoms with Crippen LogP contribution in [0.1, 0.15) is 31.1 Å². The van der Waals surface area contributed by atoms with E-state index in [-0.39, 0.29) is 11.8 Å². The molecule has 2 aromatic rings. The lowest BCUT2D eigenvalue weighted by Crippen LogP contribution is -1.97. The van der Waals surface area contributed by atoms with Gasteiger partial charge >= 0.3 is 0 Å². The van der Waals surface area contributed by atoms with E-state index in [1.54, 1.807) is 25.3 Å². The Morgan fingerprint density at radius 1 is 1.26 bits per heavy atom. The molecule has 1 atom stereocenters. The van der Waals surface area contributed by atoms with Crippen LogP contribution in [0.5, 0.6) is 5.75 Å². The highest BCUT2D eigenvalue weighted by Crippen LogP contribution is 2.21. The van der Waals surface area contributed by atoms with Gasteiger partial charge in [0, 0.05) is 17.7 Å². The van der Waals surface area contributed by atoms with Gasteiger partial charge in [0.05, 0.1) is 17.7 Å². The van der Waals surface area contributed by atoms with E-state index in [2.05, 4.69) is 5.16 Å². The SMILES string of the molecule is CCOc1ccc(/C=N\O[C@@H](C)c2cccc([N+](=O)[O-])c2)cc1. The Balaban J connectivity index is 1.96. The fourth-order valence-corrected chi connectivity index (χ4v) is 1.95. The van der Waals surface area contributed by atoms with Crippen molar-refractivity contribution in [3.05, 3.63) is 69.8 Å². The van der Waals surface area contributed by atoms with Crippen LogP contribution in [0, 0.1) is 10.1 Å². The van der Waals surface area contributed by atoms with E-state index in [4.69, 9.17) is 9.57 Å². The second-order valence-electron chi connectivity index (χ2n) is 4.84. The molecule has 0 unspecified atom stereocenters. The maximum Gasteiger partial charge on any atom is 0.269 e. The van der Waals surface area contributed by atoms with Crippen LogP contribution in [0.2, 0.25) is 0 Å². The van der Waals surface area contributed by atoms with Crippen LogP contribution in [0.25, 0.3) is 0 Å². The van der Waals surface area contributed by atoms with Gasteiger partial charge in [-0.15, -0.1) is 0 Å². The molecule has 0 aromatic heterocycles. The summed E-state index contributed by atoms with van der Waals surface area (Å²) < 4.78 is 5.36. The number of nitro groups is 1. The lowest BCUT2D eigenvalue weighted by molar-refractivity contribution is -0.385. The summed E-state index contributed by atoms with van der Waals surface area (Å²) in [5, 5.41) is 14.7. The number of hydrogen-bond acceptors (Lipinski definition) is 5. The average molecular weight is 314 g/mol. The standard InChI is InChI=1S/C17H18N2O4/c1-3-22-17-9-7-14(8-10-17)12-18-23-13(2)15-5-4-6-16(11-15)19(20)21/h4-13H,3H2,1-2H3/b18-12-/t13-/m0/s1. The number of benzene rings is 2. The Bertz CT molecular complexity index is 683. The third kappa shape index (κ3) is 4.81. The summed E-state index contributed by atoms with van der Waals surface area (Å²) in [7, 11) is 0. The zero-order chi connectivity index (χ0) is 16.7. The van der Waals surface area contributed by atoms with Crippen LogP contribution < -0.4 is 4.74 Å². The number of oxime groups is 1. The largest absolute Gasteiger partial charge is 0.494 e. The highest BCUT2D eigenvalue weighted by Gasteiger charge is 2.11. The molecule has 6 nitrogen and oxygen atoms in total. The molecular weight excluding hydrogens is 296 g/mol. The maximum atomic E-state index is 10.8. The Morgan fingerprint density at radius 3 is 2.65 bits per heavy atom. The predicted octanol–water partition coefficient (Wildman–Crippen LogP) is 4.11. The fourth-order valence-electron chi connectivity index (χ4n) is 1.95. The number of nitro benzene ring substituents is 1. The van der Waals surface area contributed by atoms with Gasteiger partial charge in [0.2, 0.25) is 0 Å². The molecule has 0 heterocycles.